The normalized spacial score (nSPS) is 11.9. The van der Waals surface area contributed by atoms with E-state index in [2.05, 4.69) is 14.7 Å². The molecule has 2 heterocycles. The minimum atomic E-state index is -1.63. The zero-order valence-electron chi connectivity index (χ0n) is 17.9. The Morgan fingerprint density at radius 1 is 0.853 bits per heavy atom. The molecule has 0 fully saturated rings. The van der Waals surface area contributed by atoms with Crippen LogP contribution in [-0.2, 0) is 11.0 Å². The van der Waals surface area contributed by atoms with E-state index in [0.29, 0.717) is 38.3 Å². The number of nitrogens with zero attached hydrogens (tertiary/aromatic N) is 3. The van der Waals surface area contributed by atoms with Crippen LogP contribution in [0.25, 0.3) is 27.7 Å². The van der Waals surface area contributed by atoms with Crippen LogP contribution in [0.4, 0.5) is 17.5 Å². The standard InChI is InChI=1S/C25H20N6O2S/c26-23-22(34(33)30-18-7-3-1-4-8-18)14-17(15-28-23)16-11-12-21-20(13-16)24(32)31(25(27)29-21)19-9-5-2-6-10-19/h1-15,30H,(H2,26,28)(H2,27,29). The molecule has 0 aliphatic carbocycles. The minimum Gasteiger partial charge on any atom is -0.383 e. The fraction of sp³-hybridized carbons (Fsp3) is 0. The Morgan fingerprint density at radius 2 is 1.56 bits per heavy atom. The molecule has 0 saturated carbocycles. The number of benzene rings is 3. The van der Waals surface area contributed by atoms with Gasteiger partial charge in [0, 0.05) is 17.4 Å². The van der Waals surface area contributed by atoms with E-state index >= 15 is 0 Å². The molecule has 1 atom stereocenters. The predicted octanol–water partition coefficient (Wildman–Crippen LogP) is 3.75. The van der Waals surface area contributed by atoms with Crippen LogP contribution in [0.1, 0.15) is 0 Å². The van der Waals surface area contributed by atoms with E-state index in [9.17, 15) is 9.00 Å². The number of para-hydroxylation sites is 2. The fourth-order valence-electron chi connectivity index (χ4n) is 3.64. The molecule has 3 aromatic carbocycles. The molecule has 0 saturated heterocycles. The number of nitrogens with one attached hydrogen (secondary N) is 1. The first kappa shape index (κ1) is 21.4. The van der Waals surface area contributed by atoms with Crippen molar-refractivity contribution in [2.24, 2.45) is 0 Å². The Kier molecular flexibility index (Phi) is 5.52. The van der Waals surface area contributed by atoms with Gasteiger partial charge in [-0.25, -0.2) is 18.7 Å². The fourth-order valence-corrected chi connectivity index (χ4v) is 4.58. The third kappa shape index (κ3) is 4.00. The van der Waals surface area contributed by atoms with Crippen LogP contribution >= 0.6 is 0 Å². The second-order valence-corrected chi connectivity index (χ2v) is 8.70. The highest BCUT2D eigenvalue weighted by Gasteiger charge is 2.15. The van der Waals surface area contributed by atoms with Crippen LogP contribution in [0.15, 0.2) is 101 Å². The summed E-state index contributed by atoms with van der Waals surface area (Å²) in [4.78, 5) is 22.3. The van der Waals surface area contributed by atoms with Gasteiger partial charge in [0.05, 0.1) is 16.6 Å². The van der Waals surface area contributed by atoms with Crippen molar-refractivity contribution in [2.75, 3.05) is 16.2 Å². The largest absolute Gasteiger partial charge is 0.383 e. The van der Waals surface area contributed by atoms with E-state index in [1.807, 2.05) is 54.6 Å². The van der Waals surface area contributed by atoms with Crippen LogP contribution in [0.5, 0.6) is 0 Å². The summed E-state index contributed by atoms with van der Waals surface area (Å²) in [5.74, 6) is 0.266. The highest BCUT2D eigenvalue weighted by molar-refractivity contribution is 7.86. The second-order valence-electron chi connectivity index (χ2n) is 7.52. The molecular weight excluding hydrogens is 448 g/mol. The lowest BCUT2D eigenvalue weighted by molar-refractivity contribution is 0.686. The second kappa shape index (κ2) is 8.80. The molecule has 0 aliphatic heterocycles. The van der Waals surface area contributed by atoms with Gasteiger partial charge in [0.25, 0.3) is 5.56 Å². The third-order valence-electron chi connectivity index (χ3n) is 5.31. The Labute approximate surface area is 197 Å². The van der Waals surface area contributed by atoms with Gasteiger partial charge in [-0.15, -0.1) is 0 Å². The molecule has 34 heavy (non-hydrogen) atoms. The summed E-state index contributed by atoms with van der Waals surface area (Å²) in [5.41, 5.74) is 15.0. The molecule has 1 unspecified atom stereocenters. The van der Waals surface area contributed by atoms with Gasteiger partial charge in [-0.3, -0.25) is 4.79 Å². The number of aromatic nitrogens is 3. The van der Waals surface area contributed by atoms with Crippen LogP contribution < -0.4 is 21.7 Å². The van der Waals surface area contributed by atoms with Gasteiger partial charge in [0.2, 0.25) is 5.95 Å². The lowest BCUT2D eigenvalue weighted by Crippen LogP contribution is -2.23. The molecule has 0 spiro atoms. The van der Waals surface area contributed by atoms with E-state index in [1.54, 1.807) is 36.5 Å². The number of fused-ring (bicyclic) bond motifs is 1. The number of hydrogen-bond donors (Lipinski definition) is 3. The van der Waals surface area contributed by atoms with Crippen LogP contribution in [0, 0.1) is 0 Å². The first-order valence-electron chi connectivity index (χ1n) is 10.4. The molecule has 8 nitrogen and oxygen atoms in total. The summed E-state index contributed by atoms with van der Waals surface area (Å²) >= 11 is 0. The maximum absolute atomic E-state index is 13.3. The number of nitrogens with two attached hydrogens (primary N) is 2. The first-order chi connectivity index (χ1) is 16.5. The molecule has 0 amide bonds. The van der Waals surface area contributed by atoms with Crippen molar-refractivity contribution in [1.82, 2.24) is 14.5 Å². The summed E-state index contributed by atoms with van der Waals surface area (Å²) in [6.07, 6.45) is 1.58. The Balaban J connectivity index is 1.58. The summed E-state index contributed by atoms with van der Waals surface area (Å²) in [7, 11) is -1.63. The van der Waals surface area contributed by atoms with Crippen molar-refractivity contribution in [3.05, 3.63) is 101 Å². The van der Waals surface area contributed by atoms with E-state index in [4.69, 9.17) is 11.5 Å². The molecule has 0 aliphatic rings. The molecule has 0 radical (unpaired) electrons. The van der Waals surface area contributed by atoms with Crippen molar-refractivity contribution >= 4 is 39.3 Å². The van der Waals surface area contributed by atoms with Crippen LogP contribution in [0.3, 0.4) is 0 Å². The van der Waals surface area contributed by atoms with Crippen molar-refractivity contribution < 1.29 is 4.21 Å². The Morgan fingerprint density at radius 3 is 2.29 bits per heavy atom. The van der Waals surface area contributed by atoms with E-state index in [-0.39, 0.29) is 17.3 Å². The highest BCUT2D eigenvalue weighted by atomic mass is 32.2. The monoisotopic (exact) mass is 468 g/mol. The maximum atomic E-state index is 13.3. The van der Waals surface area contributed by atoms with Gasteiger partial charge in [-0.1, -0.05) is 42.5 Å². The minimum absolute atomic E-state index is 0.107. The summed E-state index contributed by atoms with van der Waals surface area (Å²) in [5, 5.41) is 0.400. The summed E-state index contributed by atoms with van der Waals surface area (Å²) in [6.45, 7) is 0. The SMILES string of the molecule is Nc1ncc(-c2ccc3nc(N)n(-c4ccccc4)c(=O)c3c2)cc1S(=O)Nc1ccccc1. The number of pyridine rings is 1. The van der Waals surface area contributed by atoms with Crippen molar-refractivity contribution in [2.45, 2.75) is 4.90 Å². The Hall–Kier alpha value is -4.50. The summed E-state index contributed by atoms with van der Waals surface area (Å²) in [6, 6.07) is 25.3. The van der Waals surface area contributed by atoms with Gasteiger partial charge >= 0.3 is 0 Å². The number of rotatable bonds is 5. The Bertz CT molecular complexity index is 1590. The highest BCUT2D eigenvalue weighted by Crippen LogP contribution is 2.27. The van der Waals surface area contributed by atoms with Crippen molar-refractivity contribution in [1.29, 1.82) is 0 Å². The smallest absolute Gasteiger partial charge is 0.267 e. The average Bonchev–Trinajstić information content (AvgIpc) is 2.85. The topological polar surface area (TPSA) is 129 Å². The van der Waals surface area contributed by atoms with Gasteiger partial charge in [0.15, 0.2) is 11.0 Å². The third-order valence-corrected chi connectivity index (χ3v) is 6.46. The number of hydrogen-bond acceptors (Lipinski definition) is 6. The molecule has 5 rings (SSSR count). The molecule has 0 bridgehead atoms. The van der Waals surface area contributed by atoms with Gasteiger partial charge in [-0.2, -0.15) is 0 Å². The molecule has 9 heteroatoms. The van der Waals surface area contributed by atoms with Crippen molar-refractivity contribution in [3.8, 4) is 16.8 Å². The predicted molar refractivity (Wildman–Crippen MR) is 136 cm³/mol. The van der Waals surface area contributed by atoms with Crippen LogP contribution in [-0.4, -0.2) is 18.7 Å². The summed E-state index contributed by atoms with van der Waals surface area (Å²) < 4.78 is 17.2. The van der Waals surface area contributed by atoms with Crippen LogP contribution in [0.2, 0.25) is 0 Å². The van der Waals surface area contributed by atoms with Gasteiger partial charge in [-0.05, 0) is 48.0 Å². The quantitative estimate of drug-likeness (QED) is 0.360. The molecule has 5 aromatic rings. The van der Waals surface area contributed by atoms with Gasteiger partial charge in [0.1, 0.15) is 10.7 Å². The average molecular weight is 469 g/mol. The first-order valence-corrected chi connectivity index (χ1v) is 11.5. The number of anilines is 3. The molecule has 168 valence electrons. The molecule has 5 N–H and O–H groups in total. The van der Waals surface area contributed by atoms with E-state index in [1.165, 1.54) is 4.57 Å². The lowest BCUT2D eigenvalue weighted by atomic mass is 10.1. The lowest BCUT2D eigenvalue weighted by Gasteiger charge is -2.12. The van der Waals surface area contributed by atoms with E-state index < -0.39 is 11.0 Å². The van der Waals surface area contributed by atoms with Gasteiger partial charge < -0.3 is 16.2 Å². The zero-order chi connectivity index (χ0) is 23.7. The zero-order valence-corrected chi connectivity index (χ0v) is 18.7. The maximum Gasteiger partial charge on any atom is 0.267 e. The molecule has 2 aromatic heterocycles. The molecular formula is C25H20N6O2S. The van der Waals surface area contributed by atoms with Crippen molar-refractivity contribution in [3.63, 3.8) is 0 Å². The van der Waals surface area contributed by atoms with E-state index in [0.717, 1.165) is 0 Å². The number of nitrogen functional groups attached to an aromatic ring is 2.